The molecule has 0 amide bonds. The van der Waals surface area contributed by atoms with Crippen molar-refractivity contribution in [3.63, 3.8) is 0 Å². The Balaban J connectivity index is 1.37. The van der Waals surface area contributed by atoms with Crippen molar-refractivity contribution < 1.29 is 9.90 Å². The first-order valence-corrected chi connectivity index (χ1v) is 12.4. The molecule has 7 atom stereocenters. The van der Waals surface area contributed by atoms with Gasteiger partial charge in [0.15, 0.2) is 5.78 Å². The summed E-state index contributed by atoms with van der Waals surface area (Å²) in [7, 11) is 0. The van der Waals surface area contributed by atoms with Crippen LogP contribution in [0.2, 0.25) is 0 Å². The summed E-state index contributed by atoms with van der Waals surface area (Å²) in [6.45, 7) is 4.90. The average molecular weight is 411 g/mol. The lowest BCUT2D eigenvalue weighted by Crippen LogP contribution is -2.50. The van der Waals surface area contributed by atoms with Crippen molar-refractivity contribution >= 4 is 23.2 Å². The number of hydrogen-bond acceptors (Lipinski definition) is 3. The number of carbonyl (C=O) groups is 1. The summed E-state index contributed by atoms with van der Waals surface area (Å²) in [4.78, 5) is 14.3. The topological polar surface area (TPSA) is 37.3 Å². The number of allylic oxidation sites excluding steroid dienone is 2. The van der Waals surface area contributed by atoms with E-state index < -0.39 is 0 Å². The van der Waals surface area contributed by atoms with Gasteiger partial charge in [-0.05, 0) is 104 Å². The third kappa shape index (κ3) is 3.11. The van der Waals surface area contributed by atoms with E-state index in [1.54, 1.807) is 11.3 Å². The van der Waals surface area contributed by atoms with Gasteiger partial charge in [0.2, 0.25) is 0 Å². The van der Waals surface area contributed by atoms with Crippen LogP contribution in [-0.4, -0.2) is 17.0 Å². The van der Waals surface area contributed by atoms with Gasteiger partial charge in [0.25, 0.3) is 0 Å². The number of fused-ring (bicyclic) bond motifs is 5. The van der Waals surface area contributed by atoms with Crippen LogP contribution in [0.1, 0.15) is 70.1 Å². The predicted octanol–water partition coefficient (Wildman–Crippen LogP) is 6.27. The third-order valence-corrected chi connectivity index (χ3v) is 10.2. The number of thiophene rings is 1. The Morgan fingerprint density at radius 2 is 2.03 bits per heavy atom. The summed E-state index contributed by atoms with van der Waals surface area (Å²) < 4.78 is 0. The molecule has 29 heavy (non-hydrogen) atoms. The second-order valence-corrected chi connectivity index (χ2v) is 11.6. The first kappa shape index (κ1) is 19.8. The standard InChI is InChI=1S/C26H34O2S/c1-25-13-11-18(27)16-17(25)5-7-20-21-8-9-23(26(21,2)14-12-22(20)25)24(28)10-6-19-4-3-15-29-19/h3-6,10,15,18,20-23,27H,7-9,11-14,16H2,1-2H3/b10-6+. The maximum atomic E-state index is 13.2. The number of rotatable bonds is 3. The van der Waals surface area contributed by atoms with Gasteiger partial charge in [-0.1, -0.05) is 31.6 Å². The minimum Gasteiger partial charge on any atom is -0.393 e. The summed E-state index contributed by atoms with van der Waals surface area (Å²) in [6, 6.07) is 4.12. The van der Waals surface area contributed by atoms with Gasteiger partial charge in [-0.15, -0.1) is 11.3 Å². The van der Waals surface area contributed by atoms with Crippen molar-refractivity contribution in [2.75, 3.05) is 0 Å². The minimum atomic E-state index is -0.136. The molecule has 3 fully saturated rings. The van der Waals surface area contributed by atoms with Crippen molar-refractivity contribution in [3.8, 4) is 0 Å². The molecule has 5 rings (SSSR count). The molecule has 2 nitrogen and oxygen atoms in total. The Kier molecular flexibility index (Phi) is 4.90. The van der Waals surface area contributed by atoms with E-state index in [0.717, 1.165) is 43.9 Å². The van der Waals surface area contributed by atoms with Gasteiger partial charge in [-0.3, -0.25) is 4.79 Å². The molecule has 0 radical (unpaired) electrons. The number of aliphatic hydroxyl groups excluding tert-OH is 1. The van der Waals surface area contributed by atoms with Crippen molar-refractivity contribution in [1.29, 1.82) is 0 Å². The normalized spacial score (nSPS) is 44.1. The second-order valence-electron chi connectivity index (χ2n) is 10.6. The summed E-state index contributed by atoms with van der Waals surface area (Å²) >= 11 is 1.69. The maximum Gasteiger partial charge on any atom is 0.159 e. The molecular weight excluding hydrogens is 376 g/mol. The zero-order chi connectivity index (χ0) is 20.2. The molecule has 3 heteroatoms. The smallest absolute Gasteiger partial charge is 0.159 e. The summed E-state index contributed by atoms with van der Waals surface area (Å²) in [5, 5.41) is 12.2. The molecular formula is C26H34O2S. The van der Waals surface area contributed by atoms with Crippen LogP contribution in [0.15, 0.2) is 35.2 Å². The molecule has 0 spiro atoms. The Labute approximate surface area is 179 Å². The van der Waals surface area contributed by atoms with Crippen molar-refractivity contribution in [3.05, 3.63) is 40.1 Å². The van der Waals surface area contributed by atoms with Gasteiger partial charge in [0.1, 0.15) is 0 Å². The van der Waals surface area contributed by atoms with Gasteiger partial charge in [0.05, 0.1) is 6.10 Å². The molecule has 4 aliphatic rings. The number of carbonyl (C=O) groups excluding carboxylic acids is 1. The minimum absolute atomic E-state index is 0.136. The number of hydrogen-bond donors (Lipinski definition) is 1. The van der Waals surface area contributed by atoms with E-state index in [-0.39, 0.29) is 22.9 Å². The summed E-state index contributed by atoms with van der Waals surface area (Å²) in [5.74, 6) is 2.67. The maximum absolute atomic E-state index is 13.2. The monoisotopic (exact) mass is 410 g/mol. The SMILES string of the molecule is CC12CCC(O)CC1=CCC1C2CCC2(C)C(C(=O)/C=C/c3cccs3)CCC12. The zero-order valence-electron chi connectivity index (χ0n) is 17.8. The van der Waals surface area contributed by atoms with Gasteiger partial charge in [-0.2, -0.15) is 0 Å². The van der Waals surface area contributed by atoms with Crippen LogP contribution in [-0.2, 0) is 4.79 Å². The van der Waals surface area contributed by atoms with Crippen LogP contribution in [0, 0.1) is 34.5 Å². The lowest BCUT2D eigenvalue weighted by atomic mass is 9.47. The Morgan fingerprint density at radius 1 is 1.17 bits per heavy atom. The molecule has 1 heterocycles. The molecule has 1 aromatic rings. The highest BCUT2D eigenvalue weighted by molar-refractivity contribution is 7.10. The van der Waals surface area contributed by atoms with E-state index in [9.17, 15) is 9.90 Å². The largest absolute Gasteiger partial charge is 0.393 e. The first-order chi connectivity index (χ1) is 13.9. The average Bonchev–Trinajstić information content (AvgIpc) is 3.34. The fourth-order valence-electron chi connectivity index (χ4n) is 7.78. The van der Waals surface area contributed by atoms with Crippen LogP contribution in [0.3, 0.4) is 0 Å². The predicted molar refractivity (Wildman–Crippen MR) is 120 cm³/mol. The van der Waals surface area contributed by atoms with Crippen LogP contribution < -0.4 is 0 Å². The van der Waals surface area contributed by atoms with Crippen molar-refractivity contribution in [1.82, 2.24) is 0 Å². The molecule has 0 saturated heterocycles. The molecule has 0 aromatic carbocycles. The third-order valence-electron chi connectivity index (χ3n) is 9.38. The highest BCUT2D eigenvalue weighted by Gasteiger charge is 2.59. The second kappa shape index (κ2) is 7.20. The molecule has 1 aromatic heterocycles. The van der Waals surface area contributed by atoms with Gasteiger partial charge in [-0.25, -0.2) is 0 Å². The van der Waals surface area contributed by atoms with E-state index in [1.807, 2.05) is 18.2 Å². The van der Waals surface area contributed by atoms with Crippen LogP contribution in [0.5, 0.6) is 0 Å². The Morgan fingerprint density at radius 3 is 2.83 bits per heavy atom. The molecule has 4 aliphatic carbocycles. The zero-order valence-corrected chi connectivity index (χ0v) is 18.6. The Hall–Kier alpha value is -1.19. The van der Waals surface area contributed by atoms with Crippen LogP contribution in [0.4, 0.5) is 0 Å². The molecule has 0 aliphatic heterocycles. The number of ketones is 1. The lowest BCUT2D eigenvalue weighted by molar-refractivity contribution is -0.124. The van der Waals surface area contributed by atoms with E-state index in [4.69, 9.17) is 0 Å². The van der Waals surface area contributed by atoms with E-state index in [0.29, 0.717) is 11.7 Å². The van der Waals surface area contributed by atoms with Crippen LogP contribution >= 0.6 is 11.3 Å². The lowest BCUT2D eigenvalue weighted by Gasteiger charge is -2.57. The molecule has 3 saturated carbocycles. The number of aliphatic hydroxyl groups is 1. The van der Waals surface area contributed by atoms with Crippen molar-refractivity contribution in [2.45, 2.75) is 71.3 Å². The quantitative estimate of drug-likeness (QED) is 0.471. The van der Waals surface area contributed by atoms with Crippen LogP contribution in [0.25, 0.3) is 6.08 Å². The molecule has 156 valence electrons. The van der Waals surface area contributed by atoms with Gasteiger partial charge < -0.3 is 5.11 Å². The Bertz CT molecular complexity index is 837. The molecule has 7 unspecified atom stereocenters. The van der Waals surface area contributed by atoms with E-state index in [2.05, 4.69) is 31.4 Å². The summed E-state index contributed by atoms with van der Waals surface area (Å²) in [6.07, 6.45) is 15.1. The van der Waals surface area contributed by atoms with E-state index >= 15 is 0 Å². The van der Waals surface area contributed by atoms with Crippen molar-refractivity contribution in [2.24, 2.45) is 34.5 Å². The van der Waals surface area contributed by atoms with Gasteiger partial charge >= 0.3 is 0 Å². The first-order valence-electron chi connectivity index (χ1n) is 11.5. The fourth-order valence-corrected chi connectivity index (χ4v) is 8.39. The highest BCUT2D eigenvalue weighted by atomic mass is 32.1. The van der Waals surface area contributed by atoms with E-state index in [1.165, 1.54) is 29.7 Å². The highest BCUT2D eigenvalue weighted by Crippen LogP contribution is 2.66. The summed E-state index contributed by atoms with van der Waals surface area (Å²) in [5.41, 5.74) is 1.98. The fraction of sp³-hybridized carbons (Fsp3) is 0.654. The molecule has 0 bridgehead atoms. The molecule has 1 N–H and O–H groups in total. The van der Waals surface area contributed by atoms with Gasteiger partial charge in [0, 0.05) is 10.8 Å².